The molecule has 0 aliphatic rings. The topological polar surface area (TPSA) is 72.3 Å². The van der Waals surface area contributed by atoms with E-state index in [2.05, 4.69) is 9.97 Å². The average molecular weight is 272 g/mol. The maximum Gasteiger partial charge on any atom is 0.307 e. The predicted molar refractivity (Wildman–Crippen MR) is 74.8 cm³/mol. The van der Waals surface area contributed by atoms with Crippen molar-refractivity contribution >= 4 is 5.97 Å². The third kappa shape index (κ3) is 2.77. The van der Waals surface area contributed by atoms with Crippen molar-refractivity contribution in [3.05, 3.63) is 41.3 Å². The van der Waals surface area contributed by atoms with Crippen molar-refractivity contribution in [2.75, 3.05) is 7.11 Å². The molecule has 2 aromatic rings. The minimum absolute atomic E-state index is 0.119. The van der Waals surface area contributed by atoms with Gasteiger partial charge in [0.05, 0.1) is 19.2 Å². The summed E-state index contributed by atoms with van der Waals surface area (Å²) < 4.78 is 5.44. The summed E-state index contributed by atoms with van der Waals surface area (Å²) in [7, 11) is 1.60. The lowest BCUT2D eigenvalue weighted by atomic mass is 9.99. The molecule has 0 amide bonds. The van der Waals surface area contributed by atoms with Crippen LogP contribution in [0.1, 0.15) is 16.7 Å². The van der Waals surface area contributed by atoms with Crippen molar-refractivity contribution in [1.29, 1.82) is 0 Å². The predicted octanol–water partition coefficient (Wildman–Crippen LogP) is 2.40. The molecule has 20 heavy (non-hydrogen) atoms. The zero-order chi connectivity index (χ0) is 14.7. The van der Waals surface area contributed by atoms with E-state index in [1.54, 1.807) is 7.11 Å². The first-order valence-electron chi connectivity index (χ1n) is 6.19. The van der Waals surface area contributed by atoms with Crippen LogP contribution in [-0.4, -0.2) is 28.2 Å². The Bertz CT molecular complexity index is 654. The molecule has 1 N–H and O–H groups in total. The molecule has 0 atom stereocenters. The SMILES string of the molecule is COc1c(C)cc(C)cc1-c1ncncc1CC(=O)O. The van der Waals surface area contributed by atoms with Crippen molar-refractivity contribution in [1.82, 2.24) is 9.97 Å². The zero-order valence-corrected chi connectivity index (χ0v) is 11.7. The Hall–Kier alpha value is -2.43. The molecule has 0 aliphatic heterocycles. The number of nitrogens with zero attached hydrogens (tertiary/aromatic N) is 2. The Morgan fingerprint density at radius 2 is 2.10 bits per heavy atom. The smallest absolute Gasteiger partial charge is 0.307 e. The second kappa shape index (κ2) is 5.69. The van der Waals surface area contributed by atoms with Gasteiger partial charge in [0, 0.05) is 17.3 Å². The van der Waals surface area contributed by atoms with Crippen LogP contribution in [0.4, 0.5) is 0 Å². The molecule has 5 heteroatoms. The molecule has 0 saturated heterocycles. The van der Waals surface area contributed by atoms with Crippen LogP contribution in [-0.2, 0) is 11.2 Å². The number of aliphatic carboxylic acids is 1. The van der Waals surface area contributed by atoms with Gasteiger partial charge in [-0.15, -0.1) is 0 Å². The first-order valence-corrected chi connectivity index (χ1v) is 6.19. The van der Waals surface area contributed by atoms with Gasteiger partial charge in [-0.2, -0.15) is 0 Å². The normalized spacial score (nSPS) is 10.3. The van der Waals surface area contributed by atoms with E-state index < -0.39 is 5.97 Å². The Morgan fingerprint density at radius 3 is 2.75 bits per heavy atom. The molecule has 1 aromatic carbocycles. The number of carboxylic acids is 1. The van der Waals surface area contributed by atoms with E-state index in [9.17, 15) is 4.79 Å². The van der Waals surface area contributed by atoms with Crippen LogP contribution in [0.25, 0.3) is 11.3 Å². The molecule has 0 aliphatic carbocycles. The maximum atomic E-state index is 11.0. The number of hydrogen-bond acceptors (Lipinski definition) is 4. The Kier molecular flexibility index (Phi) is 3.98. The van der Waals surface area contributed by atoms with Gasteiger partial charge in [0.2, 0.25) is 0 Å². The van der Waals surface area contributed by atoms with E-state index >= 15 is 0 Å². The van der Waals surface area contributed by atoms with Crippen molar-refractivity contribution in [3.8, 4) is 17.0 Å². The quantitative estimate of drug-likeness (QED) is 0.925. The van der Waals surface area contributed by atoms with Crippen LogP contribution < -0.4 is 4.74 Å². The average Bonchev–Trinajstić information content (AvgIpc) is 2.38. The number of aryl methyl sites for hydroxylation is 2. The molecule has 1 aromatic heterocycles. The number of methoxy groups -OCH3 is 1. The fraction of sp³-hybridized carbons (Fsp3) is 0.267. The summed E-state index contributed by atoms with van der Waals surface area (Å²) in [5.41, 5.74) is 4.03. The Balaban J connectivity index is 2.65. The minimum atomic E-state index is -0.913. The van der Waals surface area contributed by atoms with Crippen LogP contribution in [0.2, 0.25) is 0 Å². The van der Waals surface area contributed by atoms with E-state index in [1.165, 1.54) is 12.5 Å². The maximum absolute atomic E-state index is 11.0. The van der Waals surface area contributed by atoms with Gasteiger partial charge in [0.15, 0.2) is 0 Å². The van der Waals surface area contributed by atoms with E-state index in [-0.39, 0.29) is 6.42 Å². The summed E-state index contributed by atoms with van der Waals surface area (Å²) in [6, 6.07) is 3.96. The molecule has 0 unspecified atom stereocenters. The molecule has 0 saturated carbocycles. The third-order valence-electron chi connectivity index (χ3n) is 3.01. The van der Waals surface area contributed by atoms with Crippen molar-refractivity contribution in [3.63, 3.8) is 0 Å². The lowest BCUT2D eigenvalue weighted by Crippen LogP contribution is -2.05. The Morgan fingerprint density at radius 1 is 1.35 bits per heavy atom. The lowest BCUT2D eigenvalue weighted by Gasteiger charge is -2.14. The second-order valence-electron chi connectivity index (χ2n) is 4.63. The number of aromatic nitrogens is 2. The molecule has 1 heterocycles. The van der Waals surface area contributed by atoms with Crippen LogP contribution in [0, 0.1) is 13.8 Å². The van der Waals surface area contributed by atoms with E-state index in [0.29, 0.717) is 17.0 Å². The summed E-state index contributed by atoms with van der Waals surface area (Å²) in [6.07, 6.45) is 2.83. The third-order valence-corrected chi connectivity index (χ3v) is 3.01. The first kappa shape index (κ1) is 14.0. The van der Waals surface area contributed by atoms with Gasteiger partial charge in [0.1, 0.15) is 12.1 Å². The molecule has 0 spiro atoms. The molecule has 0 radical (unpaired) electrons. The number of carbonyl (C=O) groups is 1. The molecule has 2 rings (SSSR count). The van der Waals surface area contributed by atoms with E-state index in [0.717, 1.165) is 16.7 Å². The number of ether oxygens (including phenoxy) is 1. The van der Waals surface area contributed by atoms with Crippen LogP contribution in [0.5, 0.6) is 5.75 Å². The molecular formula is C15H16N2O3. The number of benzene rings is 1. The highest BCUT2D eigenvalue weighted by atomic mass is 16.5. The zero-order valence-electron chi connectivity index (χ0n) is 11.7. The van der Waals surface area contributed by atoms with Gasteiger partial charge in [-0.1, -0.05) is 6.07 Å². The van der Waals surface area contributed by atoms with E-state index in [4.69, 9.17) is 9.84 Å². The van der Waals surface area contributed by atoms with Gasteiger partial charge in [-0.25, -0.2) is 9.97 Å². The number of hydrogen-bond donors (Lipinski definition) is 1. The number of rotatable bonds is 4. The standard InChI is InChI=1S/C15H16N2O3/c1-9-4-10(2)15(20-3)12(5-9)14-11(6-13(18)19)7-16-8-17-14/h4-5,7-8H,6H2,1-3H3,(H,18,19). The monoisotopic (exact) mass is 272 g/mol. The van der Waals surface area contributed by atoms with Crippen molar-refractivity contribution < 1.29 is 14.6 Å². The summed E-state index contributed by atoms with van der Waals surface area (Å²) in [4.78, 5) is 19.1. The molecule has 0 bridgehead atoms. The fourth-order valence-electron chi connectivity index (χ4n) is 2.29. The van der Waals surface area contributed by atoms with Crippen LogP contribution >= 0.6 is 0 Å². The van der Waals surface area contributed by atoms with Crippen LogP contribution in [0.3, 0.4) is 0 Å². The highest BCUT2D eigenvalue weighted by Gasteiger charge is 2.16. The second-order valence-corrected chi connectivity index (χ2v) is 4.63. The molecule has 5 nitrogen and oxygen atoms in total. The van der Waals surface area contributed by atoms with E-state index in [1.807, 2.05) is 26.0 Å². The molecule has 104 valence electrons. The van der Waals surface area contributed by atoms with Crippen LogP contribution in [0.15, 0.2) is 24.7 Å². The largest absolute Gasteiger partial charge is 0.496 e. The lowest BCUT2D eigenvalue weighted by molar-refractivity contribution is -0.136. The fourth-order valence-corrected chi connectivity index (χ4v) is 2.29. The van der Waals surface area contributed by atoms with Gasteiger partial charge in [-0.3, -0.25) is 4.79 Å². The van der Waals surface area contributed by atoms with Gasteiger partial charge >= 0.3 is 5.97 Å². The minimum Gasteiger partial charge on any atom is -0.496 e. The highest BCUT2D eigenvalue weighted by Crippen LogP contribution is 2.34. The number of carboxylic acid groups (broad SMARTS) is 1. The summed E-state index contributed by atoms with van der Waals surface area (Å²) in [5.74, 6) is -0.203. The Labute approximate surface area is 117 Å². The van der Waals surface area contributed by atoms with Gasteiger partial charge in [-0.05, 0) is 31.0 Å². The summed E-state index contributed by atoms with van der Waals surface area (Å²) in [5, 5.41) is 8.99. The summed E-state index contributed by atoms with van der Waals surface area (Å²) in [6.45, 7) is 3.93. The molecular weight excluding hydrogens is 256 g/mol. The van der Waals surface area contributed by atoms with Gasteiger partial charge < -0.3 is 9.84 Å². The summed E-state index contributed by atoms with van der Waals surface area (Å²) >= 11 is 0. The molecule has 0 fully saturated rings. The van der Waals surface area contributed by atoms with Crippen molar-refractivity contribution in [2.45, 2.75) is 20.3 Å². The van der Waals surface area contributed by atoms with Crippen molar-refractivity contribution in [2.24, 2.45) is 0 Å². The first-order chi connectivity index (χ1) is 9.52. The highest BCUT2D eigenvalue weighted by molar-refractivity contribution is 5.77. The van der Waals surface area contributed by atoms with Gasteiger partial charge in [0.25, 0.3) is 0 Å².